The van der Waals surface area contributed by atoms with Crippen LogP contribution in [0.4, 0.5) is 5.69 Å². The molecule has 1 heterocycles. The predicted octanol–water partition coefficient (Wildman–Crippen LogP) is 1.22. The van der Waals surface area contributed by atoms with E-state index in [1.807, 2.05) is 6.92 Å². The molecule has 0 unspecified atom stereocenters. The van der Waals surface area contributed by atoms with Gasteiger partial charge in [0.15, 0.2) is 0 Å². The number of nitrogens with one attached hydrogen (secondary N) is 1. The van der Waals surface area contributed by atoms with E-state index in [0.29, 0.717) is 18.1 Å². The number of carbonyl (C=O) groups excluding carboxylic acids is 1. The summed E-state index contributed by atoms with van der Waals surface area (Å²) in [6.45, 7) is 2.56. The molecule has 1 aromatic heterocycles. The molecule has 0 saturated heterocycles. The van der Waals surface area contributed by atoms with Gasteiger partial charge in [-0.3, -0.25) is 4.79 Å². The van der Waals surface area contributed by atoms with E-state index in [0.717, 1.165) is 5.69 Å². The average molecular weight is 223 g/mol. The first-order chi connectivity index (χ1) is 7.63. The van der Waals surface area contributed by atoms with E-state index in [1.165, 1.54) is 7.11 Å². The molecule has 0 aliphatic carbocycles. The maximum atomic E-state index is 11.8. The molecule has 0 atom stereocenters. The highest BCUT2D eigenvalue weighted by atomic mass is 16.5. The highest BCUT2D eigenvalue weighted by Crippen LogP contribution is 2.21. The van der Waals surface area contributed by atoms with E-state index in [-0.39, 0.29) is 5.91 Å². The highest BCUT2D eigenvalue weighted by Gasteiger charge is 2.14. The Morgan fingerprint density at radius 1 is 1.56 bits per heavy atom. The summed E-state index contributed by atoms with van der Waals surface area (Å²) in [7, 11) is 5.04. The van der Waals surface area contributed by atoms with Crippen LogP contribution in [-0.2, 0) is 0 Å². The van der Waals surface area contributed by atoms with E-state index in [9.17, 15) is 4.79 Å². The lowest BCUT2D eigenvalue weighted by molar-refractivity contribution is 0.0796. The second-order valence-corrected chi connectivity index (χ2v) is 3.32. The minimum absolute atomic E-state index is 0.108. The summed E-state index contributed by atoms with van der Waals surface area (Å²) in [6.07, 6.45) is 0. The lowest BCUT2D eigenvalue weighted by atomic mass is 10.3. The smallest absolute Gasteiger partial charge is 0.272 e. The monoisotopic (exact) mass is 223 g/mol. The Balaban J connectivity index is 3.03. The number of carbonyl (C=O) groups is 1. The van der Waals surface area contributed by atoms with Gasteiger partial charge in [0.25, 0.3) is 5.91 Å². The number of aromatic nitrogens is 1. The Morgan fingerprint density at radius 3 is 2.75 bits per heavy atom. The molecule has 88 valence electrons. The zero-order valence-corrected chi connectivity index (χ0v) is 10.1. The molecule has 1 amide bonds. The molecule has 0 radical (unpaired) electrons. The fraction of sp³-hybridized carbons (Fsp3) is 0.455. The van der Waals surface area contributed by atoms with Crippen molar-refractivity contribution >= 4 is 11.6 Å². The maximum Gasteiger partial charge on any atom is 0.272 e. The number of amides is 1. The topological polar surface area (TPSA) is 54.5 Å². The van der Waals surface area contributed by atoms with Gasteiger partial charge in [-0.15, -0.1) is 0 Å². The van der Waals surface area contributed by atoms with Crippen LogP contribution in [0.15, 0.2) is 12.1 Å². The Hall–Kier alpha value is -1.78. The zero-order valence-electron chi connectivity index (χ0n) is 10.1. The molecule has 1 aromatic rings. The van der Waals surface area contributed by atoms with Crippen LogP contribution in [0, 0.1) is 0 Å². The van der Waals surface area contributed by atoms with E-state index < -0.39 is 0 Å². The summed E-state index contributed by atoms with van der Waals surface area (Å²) in [6, 6.07) is 3.46. The van der Waals surface area contributed by atoms with Gasteiger partial charge in [-0.1, -0.05) is 0 Å². The molecule has 5 nitrogen and oxygen atoms in total. The minimum Gasteiger partial charge on any atom is -0.480 e. The van der Waals surface area contributed by atoms with Crippen LogP contribution in [0.1, 0.15) is 17.4 Å². The number of ether oxygens (including phenoxy) is 1. The van der Waals surface area contributed by atoms with Crippen molar-refractivity contribution in [1.82, 2.24) is 9.88 Å². The van der Waals surface area contributed by atoms with Crippen LogP contribution >= 0.6 is 0 Å². The first-order valence-corrected chi connectivity index (χ1v) is 5.12. The molecule has 16 heavy (non-hydrogen) atoms. The Bertz CT molecular complexity index is 379. The normalized spacial score (nSPS) is 9.75. The number of rotatable bonds is 4. The molecule has 0 spiro atoms. The van der Waals surface area contributed by atoms with E-state index in [4.69, 9.17) is 4.74 Å². The third-order valence-electron chi connectivity index (χ3n) is 2.36. The van der Waals surface area contributed by atoms with Gasteiger partial charge in [0.1, 0.15) is 5.69 Å². The van der Waals surface area contributed by atoms with Crippen molar-refractivity contribution in [1.29, 1.82) is 0 Å². The van der Waals surface area contributed by atoms with Crippen LogP contribution in [0.3, 0.4) is 0 Å². The zero-order chi connectivity index (χ0) is 12.1. The molecular weight excluding hydrogens is 206 g/mol. The van der Waals surface area contributed by atoms with Crippen LogP contribution in [0.5, 0.6) is 5.88 Å². The van der Waals surface area contributed by atoms with Gasteiger partial charge in [-0.05, 0) is 19.1 Å². The van der Waals surface area contributed by atoms with E-state index in [1.54, 1.807) is 31.1 Å². The first-order valence-electron chi connectivity index (χ1n) is 5.12. The Kier molecular flexibility index (Phi) is 4.10. The average Bonchev–Trinajstić information content (AvgIpc) is 2.35. The number of hydrogen-bond acceptors (Lipinski definition) is 4. The van der Waals surface area contributed by atoms with Crippen molar-refractivity contribution in [2.45, 2.75) is 6.92 Å². The molecule has 0 aliphatic heterocycles. The van der Waals surface area contributed by atoms with E-state index in [2.05, 4.69) is 10.3 Å². The van der Waals surface area contributed by atoms with Crippen molar-refractivity contribution in [3.05, 3.63) is 17.8 Å². The summed E-state index contributed by atoms with van der Waals surface area (Å²) >= 11 is 0. The van der Waals surface area contributed by atoms with Crippen LogP contribution in [-0.4, -0.2) is 43.5 Å². The van der Waals surface area contributed by atoms with Crippen LogP contribution in [0.25, 0.3) is 0 Å². The number of nitrogens with zero attached hydrogens (tertiary/aromatic N) is 2. The van der Waals surface area contributed by atoms with Crippen molar-refractivity contribution in [2.24, 2.45) is 0 Å². The quantitative estimate of drug-likeness (QED) is 0.834. The van der Waals surface area contributed by atoms with E-state index >= 15 is 0 Å². The molecule has 5 heteroatoms. The first kappa shape index (κ1) is 12.3. The van der Waals surface area contributed by atoms with Gasteiger partial charge in [0.05, 0.1) is 12.8 Å². The fourth-order valence-electron chi connectivity index (χ4n) is 1.24. The fourth-order valence-corrected chi connectivity index (χ4v) is 1.24. The van der Waals surface area contributed by atoms with Crippen molar-refractivity contribution in [3.8, 4) is 5.88 Å². The summed E-state index contributed by atoms with van der Waals surface area (Å²) in [5.41, 5.74) is 1.15. The van der Waals surface area contributed by atoms with Crippen molar-refractivity contribution < 1.29 is 9.53 Å². The lowest BCUT2D eigenvalue weighted by Gasteiger charge is -2.15. The number of anilines is 1. The Morgan fingerprint density at radius 2 is 2.25 bits per heavy atom. The van der Waals surface area contributed by atoms with Crippen molar-refractivity contribution in [2.75, 3.05) is 33.1 Å². The van der Waals surface area contributed by atoms with Gasteiger partial charge in [-0.2, -0.15) is 0 Å². The predicted molar refractivity (Wildman–Crippen MR) is 63.0 cm³/mol. The molecule has 0 saturated carbocycles. The SMILES string of the molecule is CCN(C)C(=O)c1ccc(NC)c(OC)n1. The van der Waals surface area contributed by atoms with Crippen molar-refractivity contribution in [3.63, 3.8) is 0 Å². The molecule has 0 aliphatic rings. The second-order valence-electron chi connectivity index (χ2n) is 3.32. The lowest BCUT2D eigenvalue weighted by Crippen LogP contribution is -2.27. The number of hydrogen-bond donors (Lipinski definition) is 1. The number of pyridine rings is 1. The van der Waals surface area contributed by atoms with Crippen LogP contribution in [0.2, 0.25) is 0 Å². The largest absolute Gasteiger partial charge is 0.480 e. The molecular formula is C11H17N3O2. The molecule has 0 fully saturated rings. The molecule has 1 rings (SSSR count). The van der Waals surface area contributed by atoms with Gasteiger partial charge in [0.2, 0.25) is 5.88 Å². The number of methoxy groups -OCH3 is 1. The maximum absolute atomic E-state index is 11.8. The molecule has 0 aromatic carbocycles. The standard InChI is InChI=1S/C11H17N3O2/c1-5-14(3)11(15)9-7-6-8(12-2)10(13-9)16-4/h6-7,12H,5H2,1-4H3. The van der Waals surface area contributed by atoms with Gasteiger partial charge < -0.3 is 15.0 Å². The molecule has 0 bridgehead atoms. The van der Waals surface area contributed by atoms with Gasteiger partial charge in [0, 0.05) is 20.6 Å². The minimum atomic E-state index is -0.108. The Labute approximate surface area is 95.4 Å². The summed E-state index contributed by atoms with van der Waals surface area (Å²) in [5, 5.41) is 2.94. The van der Waals surface area contributed by atoms with Crippen LogP contribution < -0.4 is 10.1 Å². The van der Waals surface area contributed by atoms with Gasteiger partial charge >= 0.3 is 0 Å². The van der Waals surface area contributed by atoms with Gasteiger partial charge in [-0.25, -0.2) is 4.98 Å². The summed E-state index contributed by atoms with van der Waals surface area (Å²) in [5.74, 6) is 0.321. The molecule has 1 N–H and O–H groups in total. The second kappa shape index (κ2) is 5.34. The third-order valence-corrected chi connectivity index (χ3v) is 2.36. The highest BCUT2D eigenvalue weighted by molar-refractivity contribution is 5.92. The summed E-state index contributed by atoms with van der Waals surface area (Å²) < 4.78 is 5.10. The third kappa shape index (κ3) is 2.42. The summed E-state index contributed by atoms with van der Waals surface area (Å²) in [4.78, 5) is 17.6.